The van der Waals surface area contributed by atoms with E-state index in [2.05, 4.69) is 71.1 Å². The van der Waals surface area contributed by atoms with E-state index in [0.29, 0.717) is 6.54 Å². The average Bonchev–Trinajstić information content (AvgIpc) is 3.51. The number of nitrogens with zero attached hydrogens (tertiary/aromatic N) is 1. The molecule has 0 saturated carbocycles. The second-order valence-electron chi connectivity index (χ2n) is 10.4. The summed E-state index contributed by atoms with van der Waals surface area (Å²) in [6.07, 6.45) is 4.60. The van der Waals surface area contributed by atoms with Crippen LogP contribution in [-0.4, -0.2) is 45.8 Å². The van der Waals surface area contributed by atoms with Crippen LogP contribution in [0.25, 0.3) is 20.5 Å². The third kappa shape index (κ3) is 6.64. The Kier molecular flexibility index (Phi) is 8.19. The van der Waals surface area contributed by atoms with E-state index >= 15 is 0 Å². The summed E-state index contributed by atoms with van der Waals surface area (Å²) in [6, 6.07) is 21.6. The maximum absolute atomic E-state index is 11.5. The van der Waals surface area contributed by atoms with E-state index in [9.17, 15) is 8.42 Å². The Morgan fingerprint density at radius 3 is 2.45 bits per heavy atom. The van der Waals surface area contributed by atoms with Crippen molar-refractivity contribution >= 4 is 31.4 Å². The number of nitrogens with one attached hydrogen (secondary N) is 1. The van der Waals surface area contributed by atoms with Crippen LogP contribution in [-0.2, 0) is 23.0 Å². The van der Waals surface area contributed by atoms with E-state index < -0.39 is 10.0 Å². The molecule has 0 atom stereocenters. The molecule has 0 bridgehead atoms. The predicted molar refractivity (Wildman–Crippen MR) is 159 cm³/mol. The molecule has 200 valence electrons. The Hall–Kier alpha value is -2.71. The van der Waals surface area contributed by atoms with Crippen molar-refractivity contribution < 1.29 is 13.2 Å². The third-order valence-corrected chi connectivity index (χ3v) is 9.17. The molecule has 7 heteroatoms. The van der Waals surface area contributed by atoms with Crippen molar-refractivity contribution in [3.05, 3.63) is 88.5 Å². The van der Waals surface area contributed by atoms with Crippen molar-refractivity contribution in [2.75, 3.05) is 32.5 Å². The zero-order valence-electron chi connectivity index (χ0n) is 22.4. The number of likely N-dealkylation sites (tertiary alicyclic amines) is 1. The maximum atomic E-state index is 11.5. The summed E-state index contributed by atoms with van der Waals surface area (Å²) in [6.45, 7) is 8.59. The van der Waals surface area contributed by atoms with Crippen LogP contribution in [0, 0.1) is 13.8 Å². The van der Waals surface area contributed by atoms with E-state index in [4.69, 9.17) is 4.74 Å². The number of hydrogen-bond donors (Lipinski definition) is 1. The van der Waals surface area contributed by atoms with Gasteiger partial charge in [-0.25, -0.2) is 13.1 Å². The topological polar surface area (TPSA) is 58.6 Å². The van der Waals surface area contributed by atoms with Gasteiger partial charge in [0.05, 0.1) is 6.26 Å². The summed E-state index contributed by atoms with van der Waals surface area (Å²) in [5.41, 5.74) is 7.09. The van der Waals surface area contributed by atoms with Crippen LogP contribution < -0.4 is 9.46 Å². The summed E-state index contributed by atoms with van der Waals surface area (Å²) >= 11 is 1.84. The highest BCUT2D eigenvalue weighted by Crippen LogP contribution is 2.41. The highest BCUT2D eigenvalue weighted by molar-refractivity contribution is 7.88. The Labute approximate surface area is 230 Å². The third-order valence-electron chi connectivity index (χ3n) is 7.25. The largest absolute Gasteiger partial charge is 0.492 e. The van der Waals surface area contributed by atoms with Crippen LogP contribution in [0.2, 0.25) is 0 Å². The summed E-state index contributed by atoms with van der Waals surface area (Å²) in [5, 5.41) is 1.29. The standard InChI is InChI=1S/C31H36N2O3S2/c1-22-6-13-28-29(20-24-7-8-26(23(2)19-24)21-32-38(3,34)35)31(37-30(28)18-22)25-9-11-27(12-10-25)36-17-16-33-14-4-5-15-33/h6-13,18-19,32H,4-5,14-17,20-21H2,1-3H3. The Balaban J connectivity index is 1.38. The normalized spacial score (nSPS) is 14.4. The fraction of sp³-hybridized carbons (Fsp3) is 0.355. The maximum Gasteiger partial charge on any atom is 0.209 e. The monoisotopic (exact) mass is 548 g/mol. The van der Waals surface area contributed by atoms with Crippen molar-refractivity contribution in [3.63, 3.8) is 0 Å². The molecule has 0 radical (unpaired) electrons. The van der Waals surface area contributed by atoms with E-state index in [1.165, 1.54) is 69.4 Å². The van der Waals surface area contributed by atoms with Crippen LogP contribution >= 0.6 is 11.3 Å². The van der Waals surface area contributed by atoms with Gasteiger partial charge in [-0.15, -0.1) is 11.3 Å². The van der Waals surface area contributed by atoms with Crippen LogP contribution in [0.3, 0.4) is 0 Å². The zero-order valence-corrected chi connectivity index (χ0v) is 24.1. The van der Waals surface area contributed by atoms with Gasteiger partial charge in [0.2, 0.25) is 10.0 Å². The Morgan fingerprint density at radius 1 is 0.974 bits per heavy atom. The lowest BCUT2D eigenvalue weighted by Crippen LogP contribution is -2.25. The molecule has 0 spiro atoms. The van der Waals surface area contributed by atoms with Gasteiger partial charge in [0.1, 0.15) is 12.4 Å². The lowest BCUT2D eigenvalue weighted by molar-refractivity contribution is 0.238. The van der Waals surface area contributed by atoms with E-state index in [-0.39, 0.29) is 0 Å². The molecule has 1 aliphatic rings. The van der Waals surface area contributed by atoms with Gasteiger partial charge in [0, 0.05) is 22.7 Å². The van der Waals surface area contributed by atoms with Crippen LogP contribution in [0.1, 0.15) is 40.7 Å². The second kappa shape index (κ2) is 11.6. The molecular weight excluding hydrogens is 512 g/mol. The first-order valence-corrected chi connectivity index (χ1v) is 16.0. The molecule has 1 aromatic heterocycles. The quantitative estimate of drug-likeness (QED) is 0.253. The number of rotatable bonds is 10. The highest BCUT2D eigenvalue weighted by atomic mass is 32.2. The SMILES string of the molecule is Cc1ccc2c(Cc3ccc(CNS(C)(=O)=O)c(C)c3)c(-c3ccc(OCCN4CCCC4)cc3)sc2c1. The van der Waals surface area contributed by atoms with Gasteiger partial charge in [0.25, 0.3) is 0 Å². The smallest absolute Gasteiger partial charge is 0.209 e. The molecule has 1 aliphatic heterocycles. The molecule has 38 heavy (non-hydrogen) atoms. The molecule has 5 rings (SSSR count). The molecule has 3 aromatic carbocycles. The number of thiophene rings is 1. The van der Waals surface area contributed by atoms with Gasteiger partial charge in [-0.1, -0.05) is 30.3 Å². The van der Waals surface area contributed by atoms with Crippen LogP contribution in [0.5, 0.6) is 5.75 Å². The van der Waals surface area contributed by atoms with Gasteiger partial charge in [-0.3, -0.25) is 4.90 Å². The Morgan fingerprint density at radius 2 is 1.74 bits per heavy atom. The lowest BCUT2D eigenvalue weighted by Gasteiger charge is -2.15. The molecule has 0 aliphatic carbocycles. The number of fused-ring (bicyclic) bond motifs is 1. The molecule has 1 saturated heterocycles. The summed E-state index contributed by atoms with van der Waals surface area (Å²) in [5.74, 6) is 0.917. The van der Waals surface area contributed by atoms with E-state index in [1.54, 1.807) is 0 Å². The first-order valence-electron chi connectivity index (χ1n) is 13.3. The van der Waals surface area contributed by atoms with Crippen molar-refractivity contribution in [1.29, 1.82) is 0 Å². The second-order valence-corrected chi connectivity index (χ2v) is 13.2. The number of sulfonamides is 1. The van der Waals surface area contributed by atoms with Crippen molar-refractivity contribution in [3.8, 4) is 16.2 Å². The molecule has 0 amide bonds. The molecule has 1 N–H and O–H groups in total. The van der Waals surface area contributed by atoms with Gasteiger partial charge in [-0.2, -0.15) is 0 Å². The van der Waals surface area contributed by atoms with Crippen LogP contribution in [0.15, 0.2) is 60.7 Å². The predicted octanol–water partition coefficient (Wildman–Crippen LogP) is 6.30. The van der Waals surface area contributed by atoms with Gasteiger partial charge >= 0.3 is 0 Å². The fourth-order valence-corrected chi connectivity index (χ4v) is 6.89. The van der Waals surface area contributed by atoms with Crippen molar-refractivity contribution in [2.45, 2.75) is 39.7 Å². The summed E-state index contributed by atoms with van der Waals surface area (Å²) in [7, 11) is -3.23. The van der Waals surface area contributed by atoms with Crippen molar-refractivity contribution in [2.24, 2.45) is 0 Å². The fourth-order valence-electron chi connectivity index (χ4n) is 5.15. The summed E-state index contributed by atoms with van der Waals surface area (Å²) < 4.78 is 33.0. The zero-order chi connectivity index (χ0) is 26.7. The minimum Gasteiger partial charge on any atom is -0.492 e. The molecular formula is C31H36N2O3S2. The van der Waals surface area contributed by atoms with E-state index in [0.717, 1.165) is 36.4 Å². The first kappa shape index (κ1) is 26.9. The van der Waals surface area contributed by atoms with E-state index in [1.807, 2.05) is 24.3 Å². The van der Waals surface area contributed by atoms with Crippen molar-refractivity contribution in [1.82, 2.24) is 9.62 Å². The van der Waals surface area contributed by atoms with Gasteiger partial charge in [0.15, 0.2) is 0 Å². The van der Waals surface area contributed by atoms with Gasteiger partial charge < -0.3 is 4.74 Å². The Bertz CT molecular complexity index is 1520. The minimum absolute atomic E-state index is 0.309. The minimum atomic E-state index is -3.23. The molecule has 2 heterocycles. The van der Waals surface area contributed by atoms with Gasteiger partial charge in [-0.05, 0) is 115 Å². The molecule has 0 unspecified atom stereocenters. The summed E-state index contributed by atoms with van der Waals surface area (Å²) in [4.78, 5) is 3.76. The first-order chi connectivity index (χ1) is 18.2. The highest BCUT2D eigenvalue weighted by Gasteiger charge is 2.16. The molecule has 5 nitrogen and oxygen atoms in total. The number of ether oxygens (including phenoxy) is 1. The van der Waals surface area contributed by atoms with Crippen LogP contribution in [0.4, 0.5) is 0 Å². The molecule has 4 aromatic rings. The number of benzene rings is 3. The lowest BCUT2D eigenvalue weighted by atomic mass is 9.96. The number of aryl methyl sites for hydroxylation is 2. The molecule has 1 fully saturated rings. The average molecular weight is 549 g/mol. The number of hydrogen-bond acceptors (Lipinski definition) is 5.